The molecule has 2 aromatic rings. The van der Waals surface area contributed by atoms with Crippen molar-refractivity contribution in [2.45, 2.75) is 6.92 Å². The van der Waals surface area contributed by atoms with Crippen molar-refractivity contribution in [3.05, 3.63) is 64.0 Å². The smallest absolute Gasteiger partial charge is 0.221 e. The molecule has 1 aromatic carbocycles. The SMILES string of the molecule is Cc1ccc(C(=O)C=Cc2ccc(Br)cc2)o1. The lowest BCUT2D eigenvalue weighted by atomic mass is 10.2. The number of carbonyl (C=O) groups excluding carboxylic acids is 1. The van der Waals surface area contributed by atoms with Crippen molar-refractivity contribution in [1.29, 1.82) is 0 Å². The summed E-state index contributed by atoms with van der Waals surface area (Å²) in [6.45, 7) is 1.81. The van der Waals surface area contributed by atoms with Gasteiger partial charge in [0.1, 0.15) is 5.76 Å². The first-order valence-electron chi connectivity index (χ1n) is 5.19. The van der Waals surface area contributed by atoms with Gasteiger partial charge in [0.2, 0.25) is 5.78 Å². The summed E-state index contributed by atoms with van der Waals surface area (Å²) in [6.07, 6.45) is 3.29. The van der Waals surface area contributed by atoms with E-state index in [4.69, 9.17) is 4.42 Å². The van der Waals surface area contributed by atoms with Crippen molar-refractivity contribution in [1.82, 2.24) is 0 Å². The molecule has 0 spiro atoms. The van der Waals surface area contributed by atoms with Crippen LogP contribution < -0.4 is 0 Å². The van der Waals surface area contributed by atoms with Gasteiger partial charge in [-0.15, -0.1) is 0 Å². The predicted molar refractivity (Wildman–Crippen MR) is 71.0 cm³/mol. The lowest BCUT2D eigenvalue weighted by Crippen LogP contribution is -1.90. The van der Waals surface area contributed by atoms with Gasteiger partial charge in [0.15, 0.2) is 5.76 Å². The third-order valence-corrected chi connectivity index (χ3v) is 2.81. The van der Waals surface area contributed by atoms with Gasteiger partial charge in [-0.25, -0.2) is 0 Å². The van der Waals surface area contributed by atoms with Crippen LogP contribution in [0.25, 0.3) is 6.08 Å². The minimum Gasteiger partial charge on any atom is -0.458 e. The second-order valence-corrected chi connectivity index (χ2v) is 4.58. The Hall–Kier alpha value is -1.61. The molecule has 1 heterocycles. The summed E-state index contributed by atoms with van der Waals surface area (Å²) in [5.41, 5.74) is 0.977. The van der Waals surface area contributed by atoms with E-state index in [0.717, 1.165) is 15.8 Å². The van der Waals surface area contributed by atoms with E-state index in [1.165, 1.54) is 6.08 Å². The molecule has 0 saturated heterocycles. The third kappa shape index (κ3) is 3.17. The van der Waals surface area contributed by atoms with E-state index in [0.29, 0.717) is 5.76 Å². The Balaban J connectivity index is 2.10. The van der Waals surface area contributed by atoms with Crippen LogP contribution >= 0.6 is 15.9 Å². The fourth-order valence-electron chi connectivity index (χ4n) is 1.39. The van der Waals surface area contributed by atoms with E-state index in [9.17, 15) is 4.79 Å². The van der Waals surface area contributed by atoms with Crippen LogP contribution in [-0.2, 0) is 0 Å². The van der Waals surface area contributed by atoms with E-state index < -0.39 is 0 Å². The average molecular weight is 291 g/mol. The number of ketones is 1. The lowest BCUT2D eigenvalue weighted by Gasteiger charge is -1.93. The van der Waals surface area contributed by atoms with Gasteiger partial charge in [0.05, 0.1) is 0 Å². The molecule has 0 bridgehead atoms. The van der Waals surface area contributed by atoms with Gasteiger partial charge >= 0.3 is 0 Å². The van der Waals surface area contributed by atoms with Gasteiger partial charge in [0.25, 0.3) is 0 Å². The summed E-state index contributed by atoms with van der Waals surface area (Å²) in [5.74, 6) is 0.988. The van der Waals surface area contributed by atoms with E-state index in [2.05, 4.69) is 15.9 Å². The fourth-order valence-corrected chi connectivity index (χ4v) is 1.66. The topological polar surface area (TPSA) is 30.2 Å². The first-order valence-corrected chi connectivity index (χ1v) is 5.99. The molecular formula is C14H11BrO2. The quantitative estimate of drug-likeness (QED) is 0.625. The monoisotopic (exact) mass is 290 g/mol. The molecule has 0 N–H and O–H groups in total. The molecule has 0 fully saturated rings. The van der Waals surface area contributed by atoms with Crippen molar-refractivity contribution in [3.8, 4) is 0 Å². The Morgan fingerprint density at radius 3 is 2.47 bits per heavy atom. The molecule has 0 atom stereocenters. The highest BCUT2D eigenvalue weighted by Gasteiger charge is 2.05. The summed E-state index contributed by atoms with van der Waals surface area (Å²) in [7, 11) is 0. The Kier molecular flexibility index (Phi) is 3.59. The van der Waals surface area contributed by atoms with Gasteiger partial charge < -0.3 is 4.42 Å². The maximum absolute atomic E-state index is 11.7. The van der Waals surface area contributed by atoms with Gasteiger partial charge in [-0.05, 0) is 42.8 Å². The number of aryl methyl sites for hydroxylation is 1. The van der Waals surface area contributed by atoms with Gasteiger partial charge in [0, 0.05) is 4.47 Å². The summed E-state index contributed by atoms with van der Waals surface area (Å²) < 4.78 is 6.26. The number of allylic oxidation sites excluding steroid dienone is 1. The summed E-state index contributed by atoms with van der Waals surface area (Å²) in [5, 5.41) is 0. The molecule has 0 saturated carbocycles. The molecule has 17 heavy (non-hydrogen) atoms. The number of hydrogen-bond donors (Lipinski definition) is 0. The number of hydrogen-bond acceptors (Lipinski definition) is 2. The summed E-state index contributed by atoms with van der Waals surface area (Å²) in [4.78, 5) is 11.7. The Morgan fingerprint density at radius 1 is 1.18 bits per heavy atom. The van der Waals surface area contributed by atoms with Crippen molar-refractivity contribution in [3.63, 3.8) is 0 Å². The molecule has 0 unspecified atom stereocenters. The highest BCUT2D eigenvalue weighted by molar-refractivity contribution is 9.10. The zero-order valence-electron chi connectivity index (χ0n) is 9.31. The molecule has 2 rings (SSSR count). The number of benzene rings is 1. The molecule has 0 aliphatic heterocycles. The van der Waals surface area contributed by atoms with Crippen LogP contribution in [0, 0.1) is 6.92 Å². The maximum Gasteiger partial charge on any atom is 0.221 e. The number of carbonyl (C=O) groups is 1. The second-order valence-electron chi connectivity index (χ2n) is 3.66. The number of furan rings is 1. The van der Waals surface area contributed by atoms with Gasteiger partial charge in [-0.1, -0.05) is 34.1 Å². The molecule has 0 aliphatic carbocycles. The van der Waals surface area contributed by atoms with E-state index in [1.807, 2.05) is 31.2 Å². The summed E-state index contributed by atoms with van der Waals surface area (Å²) in [6, 6.07) is 11.2. The van der Waals surface area contributed by atoms with Gasteiger partial charge in [-0.2, -0.15) is 0 Å². The van der Waals surface area contributed by atoms with Crippen LogP contribution in [0.15, 0.2) is 51.4 Å². The molecule has 0 radical (unpaired) electrons. The number of halogens is 1. The fraction of sp³-hybridized carbons (Fsp3) is 0.0714. The van der Waals surface area contributed by atoms with Crippen LogP contribution in [0.2, 0.25) is 0 Å². The highest BCUT2D eigenvalue weighted by Crippen LogP contribution is 2.13. The molecular weight excluding hydrogens is 280 g/mol. The van der Waals surface area contributed by atoms with E-state index in [1.54, 1.807) is 18.2 Å². The molecule has 0 amide bonds. The Labute approximate surface area is 108 Å². The van der Waals surface area contributed by atoms with E-state index >= 15 is 0 Å². The minimum absolute atomic E-state index is 0.124. The molecule has 86 valence electrons. The zero-order valence-corrected chi connectivity index (χ0v) is 10.9. The Bertz CT molecular complexity index is 550. The van der Waals surface area contributed by atoms with E-state index in [-0.39, 0.29) is 5.78 Å². The average Bonchev–Trinajstić information content (AvgIpc) is 2.75. The van der Waals surface area contributed by atoms with Gasteiger partial charge in [-0.3, -0.25) is 4.79 Å². The van der Waals surface area contributed by atoms with Crippen LogP contribution in [0.1, 0.15) is 21.9 Å². The molecule has 3 heteroatoms. The largest absolute Gasteiger partial charge is 0.458 e. The zero-order chi connectivity index (χ0) is 12.3. The normalized spacial score (nSPS) is 10.9. The molecule has 2 nitrogen and oxygen atoms in total. The number of rotatable bonds is 3. The highest BCUT2D eigenvalue weighted by atomic mass is 79.9. The summed E-state index contributed by atoms with van der Waals surface area (Å²) >= 11 is 3.36. The molecule has 0 aliphatic rings. The lowest BCUT2D eigenvalue weighted by molar-refractivity contribution is 0.102. The first-order chi connectivity index (χ1) is 8.15. The maximum atomic E-state index is 11.7. The predicted octanol–water partition coefficient (Wildman–Crippen LogP) is 4.25. The first kappa shape index (κ1) is 11.9. The van der Waals surface area contributed by atoms with Crippen molar-refractivity contribution < 1.29 is 9.21 Å². The standard InChI is InChI=1S/C14H11BrO2/c1-10-2-9-14(17-10)13(16)8-5-11-3-6-12(15)7-4-11/h2-9H,1H3. The minimum atomic E-state index is -0.124. The van der Waals surface area contributed by atoms with Crippen LogP contribution in [0.3, 0.4) is 0 Å². The second kappa shape index (κ2) is 5.15. The van der Waals surface area contributed by atoms with Crippen molar-refractivity contribution >= 4 is 27.8 Å². The molecule has 1 aromatic heterocycles. The third-order valence-electron chi connectivity index (χ3n) is 2.28. The van der Waals surface area contributed by atoms with Crippen LogP contribution in [0.5, 0.6) is 0 Å². The Morgan fingerprint density at radius 2 is 1.88 bits per heavy atom. The van der Waals surface area contributed by atoms with Crippen molar-refractivity contribution in [2.75, 3.05) is 0 Å². The van der Waals surface area contributed by atoms with Crippen molar-refractivity contribution in [2.24, 2.45) is 0 Å². The van der Waals surface area contributed by atoms with Crippen LogP contribution in [0.4, 0.5) is 0 Å². The van der Waals surface area contributed by atoms with Crippen LogP contribution in [-0.4, -0.2) is 5.78 Å².